The number of aliphatic hydroxyl groups is 1. The molecule has 3 N–H and O–H groups in total. The lowest BCUT2D eigenvalue weighted by atomic mass is 10.2. The fourth-order valence-electron chi connectivity index (χ4n) is 4.43. The normalized spacial score (nSPS) is 13.8. The minimum atomic E-state index is -0.596. The second-order valence-electron chi connectivity index (χ2n) is 8.97. The van der Waals surface area contributed by atoms with E-state index in [0.717, 1.165) is 43.6 Å². The highest BCUT2D eigenvalue weighted by atomic mass is 19.1. The van der Waals surface area contributed by atoms with Gasteiger partial charge < -0.3 is 20.6 Å². The van der Waals surface area contributed by atoms with Gasteiger partial charge >= 0.3 is 0 Å². The maximum absolute atomic E-state index is 14.4. The molecule has 1 saturated heterocycles. The highest BCUT2D eigenvalue weighted by molar-refractivity contribution is 5.99. The largest absolute Gasteiger partial charge is 0.395 e. The fourth-order valence-corrected chi connectivity index (χ4v) is 4.43. The van der Waals surface area contributed by atoms with Crippen molar-refractivity contribution in [3.05, 3.63) is 83.8 Å². The Hall–Kier alpha value is -4.68. The van der Waals surface area contributed by atoms with Crippen LogP contribution >= 0.6 is 0 Å². The molecule has 39 heavy (non-hydrogen) atoms. The molecule has 5 rings (SSSR count). The Labute approximate surface area is 223 Å². The fraction of sp³-hybridized carbons (Fsp3) is 0.222. The van der Waals surface area contributed by atoms with Crippen LogP contribution in [0.5, 0.6) is 0 Å². The van der Waals surface area contributed by atoms with Crippen LogP contribution < -0.4 is 21.1 Å². The quantitative estimate of drug-likeness (QED) is 0.294. The molecule has 4 aromatic rings. The molecule has 0 atom stereocenters. The summed E-state index contributed by atoms with van der Waals surface area (Å²) in [5.41, 5.74) is 2.06. The first kappa shape index (κ1) is 25.9. The second kappa shape index (κ2) is 11.4. The molecule has 200 valence electrons. The summed E-state index contributed by atoms with van der Waals surface area (Å²) in [6.45, 7) is 7.82. The van der Waals surface area contributed by atoms with Crippen LogP contribution in [0.2, 0.25) is 0 Å². The molecule has 0 bridgehead atoms. The van der Waals surface area contributed by atoms with Gasteiger partial charge in [-0.1, -0.05) is 6.58 Å². The van der Waals surface area contributed by atoms with Crippen molar-refractivity contribution in [3.63, 3.8) is 0 Å². The third-order valence-corrected chi connectivity index (χ3v) is 6.41. The van der Waals surface area contributed by atoms with E-state index in [1.54, 1.807) is 0 Å². The Balaban J connectivity index is 1.40. The van der Waals surface area contributed by atoms with Crippen LogP contribution in [-0.4, -0.2) is 74.8 Å². The number of halogens is 1. The number of hydrogen-bond donors (Lipinski definition) is 3. The maximum atomic E-state index is 14.4. The van der Waals surface area contributed by atoms with Crippen molar-refractivity contribution >= 4 is 40.0 Å². The average molecular weight is 531 g/mol. The zero-order valence-corrected chi connectivity index (χ0v) is 21.0. The number of rotatable bonds is 8. The van der Waals surface area contributed by atoms with E-state index in [-0.39, 0.29) is 29.3 Å². The highest BCUT2D eigenvalue weighted by Gasteiger charge is 2.17. The van der Waals surface area contributed by atoms with Crippen molar-refractivity contribution in [1.29, 1.82) is 0 Å². The number of benzene rings is 2. The molecule has 3 heterocycles. The van der Waals surface area contributed by atoms with E-state index < -0.39 is 17.3 Å². The molecule has 1 fully saturated rings. The van der Waals surface area contributed by atoms with E-state index in [1.165, 1.54) is 35.3 Å². The predicted molar refractivity (Wildman–Crippen MR) is 147 cm³/mol. The second-order valence-corrected chi connectivity index (χ2v) is 8.97. The van der Waals surface area contributed by atoms with Gasteiger partial charge in [0.1, 0.15) is 17.5 Å². The van der Waals surface area contributed by atoms with Crippen molar-refractivity contribution < 1.29 is 14.3 Å². The lowest BCUT2D eigenvalue weighted by Gasteiger charge is -2.35. The summed E-state index contributed by atoms with van der Waals surface area (Å²) >= 11 is 0. The minimum absolute atomic E-state index is 0.152. The molecule has 1 aliphatic rings. The molecule has 1 amide bonds. The Bertz CT molecular complexity index is 1570. The Kier molecular flexibility index (Phi) is 7.57. The Morgan fingerprint density at radius 2 is 1.82 bits per heavy atom. The number of nitrogens with zero attached hydrogens (tertiary/aromatic N) is 6. The van der Waals surface area contributed by atoms with Crippen LogP contribution in [0.3, 0.4) is 0 Å². The van der Waals surface area contributed by atoms with Crippen LogP contribution in [-0.2, 0) is 4.79 Å². The van der Waals surface area contributed by atoms with Crippen LogP contribution in [0.25, 0.3) is 16.7 Å². The summed E-state index contributed by atoms with van der Waals surface area (Å²) < 4.78 is 15.9. The summed E-state index contributed by atoms with van der Waals surface area (Å²) in [5, 5.41) is 15.0. The molecule has 0 aliphatic carbocycles. The minimum Gasteiger partial charge on any atom is -0.395 e. The van der Waals surface area contributed by atoms with Gasteiger partial charge in [-0.3, -0.25) is 19.1 Å². The number of aromatic nitrogens is 4. The SMILES string of the molecule is C=CC(=O)Nc1cc(F)cc(-n2cnc(=O)c3cnc(Nc4ccc(N5CCN(CCO)CC5)cc4)nc32)c1. The highest BCUT2D eigenvalue weighted by Crippen LogP contribution is 2.23. The van der Waals surface area contributed by atoms with Gasteiger partial charge in [0, 0.05) is 56.0 Å². The van der Waals surface area contributed by atoms with Crippen molar-refractivity contribution in [2.24, 2.45) is 0 Å². The number of nitrogens with one attached hydrogen (secondary N) is 2. The predicted octanol–water partition coefficient (Wildman–Crippen LogP) is 2.30. The Morgan fingerprint density at radius 3 is 2.54 bits per heavy atom. The van der Waals surface area contributed by atoms with Gasteiger partial charge in [0.15, 0.2) is 5.65 Å². The topological polar surface area (TPSA) is 129 Å². The number of hydrogen-bond acceptors (Lipinski definition) is 9. The molecule has 11 nitrogen and oxygen atoms in total. The van der Waals surface area contributed by atoms with Crippen LogP contribution in [0.1, 0.15) is 0 Å². The van der Waals surface area contributed by atoms with E-state index >= 15 is 0 Å². The molecule has 0 radical (unpaired) electrons. The van der Waals surface area contributed by atoms with Crippen molar-refractivity contribution in [1.82, 2.24) is 24.4 Å². The molecule has 0 saturated carbocycles. The van der Waals surface area contributed by atoms with Crippen molar-refractivity contribution in [3.8, 4) is 5.69 Å². The van der Waals surface area contributed by atoms with Gasteiger partial charge in [-0.05, 0) is 48.5 Å². The van der Waals surface area contributed by atoms with Crippen molar-refractivity contribution in [2.45, 2.75) is 0 Å². The molecule has 2 aromatic carbocycles. The van der Waals surface area contributed by atoms with E-state index in [1.807, 2.05) is 24.3 Å². The maximum Gasteiger partial charge on any atom is 0.283 e. The zero-order chi connectivity index (χ0) is 27.4. The zero-order valence-electron chi connectivity index (χ0n) is 21.0. The lowest BCUT2D eigenvalue weighted by molar-refractivity contribution is -0.111. The smallest absolute Gasteiger partial charge is 0.283 e. The summed E-state index contributed by atoms with van der Waals surface area (Å²) in [4.78, 5) is 41.3. The third kappa shape index (κ3) is 5.92. The molecule has 12 heteroatoms. The van der Waals surface area contributed by atoms with Crippen molar-refractivity contribution in [2.75, 3.05) is 54.9 Å². The van der Waals surface area contributed by atoms with Gasteiger partial charge in [-0.2, -0.15) is 9.97 Å². The molecular formula is C27H27FN8O3. The summed E-state index contributed by atoms with van der Waals surface area (Å²) in [7, 11) is 0. The van der Waals surface area contributed by atoms with Gasteiger partial charge in [0.05, 0.1) is 12.3 Å². The average Bonchev–Trinajstić information content (AvgIpc) is 2.94. The molecule has 2 aromatic heterocycles. The summed E-state index contributed by atoms with van der Waals surface area (Å²) in [6, 6.07) is 11.8. The molecule has 0 unspecified atom stereocenters. The van der Waals surface area contributed by atoms with E-state index in [2.05, 4.69) is 42.0 Å². The molecule has 1 aliphatic heterocycles. The molecule has 0 spiro atoms. The van der Waals surface area contributed by atoms with Gasteiger partial charge in [0.25, 0.3) is 5.56 Å². The van der Waals surface area contributed by atoms with Crippen LogP contribution in [0.4, 0.5) is 27.4 Å². The first-order valence-electron chi connectivity index (χ1n) is 12.4. The van der Waals surface area contributed by atoms with E-state index in [9.17, 15) is 14.0 Å². The number of piperazine rings is 1. The third-order valence-electron chi connectivity index (χ3n) is 6.41. The number of amides is 1. The van der Waals surface area contributed by atoms with Crippen LogP contribution in [0, 0.1) is 5.82 Å². The number of aliphatic hydroxyl groups excluding tert-OH is 1. The Morgan fingerprint density at radius 1 is 1.05 bits per heavy atom. The standard InChI is InChI=1S/C27H27FN8O3/c1-2-24(38)31-20-13-18(28)14-22(15-20)36-17-30-26(39)23-16-29-27(33-25(23)36)32-19-3-5-21(6-4-19)35-9-7-34(8-10-35)11-12-37/h2-6,13-17,37H,1,7-12H2,(H,31,38)(H,29,32,33). The van der Waals surface area contributed by atoms with Gasteiger partial charge in [-0.25, -0.2) is 9.37 Å². The summed E-state index contributed by atoms with van der Waals surface area (Å²) in [5.74, 6) is -0.844. The summed E-state index contributed by atoms with van der Waals surface area (Å²) in [6.07, 6.45) is 3.71. The van der Waals surface area contributed by atoms with Crippen LogP contribution in [0.15, 0.2) is 72.4 Å². The van der Waals surface area contributed by atoms with E-state index in [4.69, 9.17) is 5.11 Å². The molecular weight excluding hydrogens is 503 g/mol. The number of β-amino-alcohol motifs (C(OH)–C–C–N with tert-alkyl or cyclic N) is 1. The monoisotopic (exact) mass is 530 g/mol. The number of carbonyl (C=O) groups excluding carboxylic acids is 1. The lowest BCUT2D eigenvalue weighted by Crippen LogP contribution is -2.47. The van der Waals surface area contributed by atoms with Gasteiger partial charge in [-0.15, -0.1) is 0 Å². The first-order valence-corrected chi connectivity index (χ1v) is 12.4. The van der Waals surface area contributed by atoms with E-state index in [0.29, 0.717) is 12.2 Å². The first-order chi connectivity index (χ1) is 18.9. The number of carbonyl (C=O) groups is 1. The number of fused-ring (bicyclic) bond motifs is 1. The number of anilines is 4. The van der Waals surface area contributed by atoms with Gasteiger partial charge in [0.2, 0.25) is 11.9 Å².